The number of hydrogen-bond donors (Lipinski definition) is 0. The van der Waals surface area contributed by atoms with Crippen molar-refractivity contribution in [3.8, 4) is 0 Å². The van der Waals surface area contributed by atoms with Crippen LogP contribution < -0.4 is 0 Å². The zero-order valence-electron chi connectivity index (χ0n) is 12.0. The summed E-state index contributed by atoms with van der Waals surface area (Å²) in [5.41, 5.74) is 1.63. The monoisotopic (exact) mass is 277 g/mol. The van der Waals surface area contributed by atoms with Crippen LogP contribution >= 0.6 is 0 Å². The van der Waals surface area contributed by atoms with Gasteiger partial charge >= 0.3 is 11.9 Å². The molecule has 20 heavy (non-hydrogen) atoms. The van der Waals surface area contributed by atoms with Crippen molar-refractivity contribution in [1.29, 1.82) is 0 Å². The Morgan fingerprint density at radius 3 is 2.35 bits per heavy atom. The Kier molecular flexibility index (Phi) is 6.29. The standard InChI is InChI=1S/C15H19NO4/c1-16(11-12-7-5-4-6-8-12)13(9-14(17)19-2)10-15(18)20-3/h4-9H,10-11H2,1-3H3/b13-9-. The van der Waals surface area contributed by atoms with E-state index in [4.69, 9.17) is 0 Å². The largest absolute Gasteiger partial charge is 0.469 e. The molecule has 0 atom stereocenters. The van der Waals surface area contributed by atoms with E-state index in [-0.39, 0.29) is 6.42 Å². The Labute approximate surface area is 118 Å². The maximum Gasteiger partial charge on any atom is 0.332 e. The van der Waals surface area contributed by atoms with Crippen molar-refractivity contribution in [2.24, 2.45) is 0 Å². The van der Waals surface area contributed by atoms with Crippen molar-refractivity contribution < 1.29 is 19.1 Å². The average Bonchev–Trinajstić information content (AvgIpc) is 2.47. The fourth-order valence-electron chi connectivity index (χ4n) is 1.67. The van der Waals surface area contributed by atoms with E-state index in [0.29, 0.717) is 12.2 Å². The molecule has 0 N–H and O–H groups in total. The van der Waals surface area contributed by atoms with E-state index < -0.39 is 11.9 Å². The summed E-state index contributed by atoms with van der Waals surface area (Å²) >= 11 is 0. The molecular formula is C15H19NO4. The normalized spacial score (nSPS) is 10.8. The second-order valence-corrected chi connectivity index (χ2v) is 4.25. The van der Waals surface area contributed by atoms with Gasteiger partial charge in [-0.1, -0.05) is 30.3 Å². The SMILES string of the molecule is COC(=O)/C=C(/CC(=O)OC)N(C)Cc1ccccc1. The molecular weight excluding hydrogens is 258 g/mol. The minimum atomic E-state index is -0.496. The molecule has 0 aliphatic heterocycles. The van der Waals surface area contributed by atoms with Gasteiger partial charge < -0.3 is 14.4 Å². The van der Waals surface area contributed by atoms with Gasteiger partial charge in [0.05, 0.1) is 20.6 Å². The van der Waals surface area contributed by atoms with Crippen LogP contribution in [0.25, 0.3) is 0 Å². The minimum absolute atomic E-state index is 0.0228. The molecule has 1 rings (SSSR count). The zero-order chi connectivity index (χ0) is 15.0. The van der Waals surface area contributed by atoms with Gasteiger partial charge in [0.1, 0.15) is 0 Å². The van der Waals surface area contributed by atoms with Gasteiger partial charge in [-0.15, -0.1) is 0 Å². The number of carbonyl (C=O) groups is 2. The summed E-state index contributed by atoms with van der Waals surface area (Å²) in [6, 6.07) is 9.76. The Morgan fingerprint density at radius 2 is 1.80 bits per heavy atom. The number of esters is 2. The van der Waals surface area contributed by atoms with E-state index >= 15 is 0 Å². The number of nitrogens with zero attached hydrogens (tertiary/aromatic N) is 1. The molecule has 0 unspecified atom stereocenters. The molecule has 108 valence electrons. The van der Waals surface area contributed by atoms with Gasteiger partial charge in [0.2, 0.25) is 0 Å². The smallest absolute Gasteiger partial charge is 0.332 e. The van der Waals surface area contributed by atoms with Gasteiger partial charge in [-0.3, -0.25) is 4.79 Å². The molecule has 0 radical (unpaired) electrons. The molecule has 0 fully saturated rings. The Bertz CT molecular complexity index is 482. The minimum Gasteiger partial charge on any atom is -0.469 e. The van der Waals surface area contributed by atoms with Crippen LogP contribution in [-0.4, -0.2) is 38.1 Å². The van der Waals surface area contributed by atoms with E-state index in [1.807, 2.05) is 42.3 Å². The second kappa shape index (κ2) is 7.99. The number of carbonyl (C=O) groups excluding carboxylic acids is 2. The third kappa shape index (κ3) is 5.14. The Balaban J connectivity index is 2.83. The molecule has 0 aromatic heterocycles. The third-order valence-electron chi connectivity index (χ3n) is 2.79. The molecule has 5 nitrogen and oxygen atoms in total. The molecule has 0 aliphatic rings. The fourth-order valence-corrected chi connectivity index (χ4v) is 1.67. The van der Waals surface area contributed by atoms with Crippen molar-refractivity contribution >= 4 is 11.9 Å². The molecule has 0 spiro atoms. The highest BCUT2D eigenvalue weighted by Crippen LogP contribution is 2.13. The molecule has 0 aliphatic carbocycles. The average molecular weight is 277 g/mol. The van der Waals surface area contributed by atoms with E-state index in [2.05, 4.69) is 9.47 Å². The maximum atomic E-state index is 11.4. The lowest BCUT2D eigenvalue weighted by Crippen LogP contribution is -2.21. The predicted octanol–water partition coefficient (Wildman–Crippen LogP) is 1.74. The van der Waals surface area contributed by atoms with Crippen molar-refractivity contribution in [3.63, 3.8) is 0 Å². The quantitative estimate of drug-likeness (QED) is 0.585. The van der Waals surface area contributed by atoms with Gasteiger partial charge in [0.25, 0.3) is 0 Å². The third-order valence-corrected chi connectivity index (χ3v) is 2.79. The number of ether oxygens (including phenoxy) is 2. The summed E-state index contributed by atoms with van der Waals surface area (Å²) in [5, 5.41) is 0. The Morgan fingerprint density at radius 1 is 1.15 bits per heavy atom. The van der Waals surface area contributed by atoms with Crippen LogP contribution in [0.2, 0.25) is 0 Å². The van der Waals surface area contributed by atoms with Gasteiger partial charge in [-0.25, -0.2) is 4.79 Å². The molecule has 0 bridgehead atoms. The van der Waals surface area contributed by atoms with Crippen LogP contribution in [0, 0.1) is 0 Å². The van der Waals surface area contributed by atoms with Crippen LogP contribution in [-0.2, 0) is 25.6 Å². The van der Waals surface area contributed by atoms with Crippen LogP contribution in [0.4, 0.5) is 0 Å². The second-order valence-electron chi connectivity index (χ2n) is 4.25. The van der Waals surface area contributed by atoms with Crippen molar-refractivity contribution in [2.75, 3.05) is 21.3 Å². The van der Waals surface area contributed by atoms with Gasteiger partial charge in [-0.05, 0) is 5.56 Å². The lowest BCUT2D eigenvalue weighted by molar-refractivity contribution is -0.140. The van der Waals surface area contributed by atoms with Crippen LogP contribution in [0.3, 0.4) is 0 Å². The lowest BCUT2D eigenvalue weighted by Gasteiger charge is -2.22. The van der Waals surface area contributed by atoms with E-state index in [1.165, 1.54) is 20.3 Å². The number of hydrogen-bond acceptors (Lipinski definition) is 5. The van der Waals surface area contributed by atoms with Crippen molar-refractivity contribution in [1.82, 2.24) is 4.90 Å². The van der Waals surface area contributed by atoms with Gasteiger partial charge in [-0.2, -0.15) is 0 Å². The first-order chi connectivity index (χ1) is 9.56. The van der Waals surface area contributed by atoms with Crippen LogP contribution in [0.5, 0.6) is 0 Å². The first kappa shape index (κ1) is 15.8. The molecule has 0 saturated heterocycles. The summed E-state index contributed by atoms with van der Waals surface area (Å²) in [4.78, 5) is 24.6. The van der Waals surface area contributed by atoms with Gasteiger partial charge in [0.15, 0.2) is 0 Å². The first-order valence-electron chi connectivity index (χ1n) is 6.17. The van der Waals surface area contributed by atoms with E-state index in [1.54, 1.807) is 0 Å². The number of benzene rings is 1. The zero-order valence-corrected chi connectivity index (χ0v) is 12.0. The summed E-state index contributed by atoms with van der Waals surface area (Å²) in [6.07, 6.45) is 1.33. The highest BCUT2D eigenvalue weighted by atomic mass is 16.5. The molecule has 0 heterocycles. The fraction of sp³-hybridized carbons (Fsp3) is 0.333. The van der Waals surface area contributed by atoms with Gasteiger partial charge in [0, 0.05) is 25.4 Å². The molecule has 1 aromatic rings. The summed E-state index contributed by atoms with van der Waals surface area (Å²) in [6.45, 7) is 0.584. The first-order valence-corrected chi connectivity index (χ1v) is 6.17. The summed E-state index contributed by atoms with van der Waals surface area (Å²) < 4.78 is 9.24. The summed E-state index contributed by atoms with van der Waals surface area (Å²) in [7, 11) is 4.42. The number of methoxy groups -OCH3 is 2. The van der Waals surface area contributed by atoms with E-state index in [9.17, 15) is 9.59 Å². The summed E-state index contributed by atoms with van der Waals surface area (Å²) in [5.74, 6) is -0.899. The highest BCUT2D eigenvalue weighted by Gasteiger charge is 2.13. The molecule has 5 heteroatoms. The van der Waals surface area contributed by atoms with Crippen molar-refractivity contribution in [3.05, 3.63) is 47.7 Å². The predicted molar refractivity (Wildman–Crippen MR) is 74.6 cm³/mol. The highest BCUT2D eigenvalue weighted by molar-refractivity contribution is 5.84. The lowest BCUT2D eigenvalue weighted by atomic mass is 10.2. The maximum absolute atomic E-state index is 11.4. The number of rotatable bonds is 6. The van der Waals surface area contributed by atoms with Crippen LogP contribution in [0.15, 0.2) is 42.1 Å². The molecule has 0 amide bonds. The Hall–Kier alpha value is -2.30. The van der Waals surface area contributed by atoms with Crippen LogP contribution in [0.1, 0.15) is 12.0 Å². The molecule has 1 aromatic carbocycles. The topological polar surface area (TPSA) is 55.8 Å². The van der Waals surface area contributed by atoms with E-state index in [0.717, 1.165) is 5.56 Å². The van der Waals surface area contributed by atoms with Crippen molar-refractivity contribution in [2.45, 2.75) is 13.0 Å². The molecule has 0 saturated carbocycles.